The predicted octanol–water partition coefficient (Wildman–Crippen LogP) is 3.08. The van der Waals surface area contributed by atoms with E-state index in [1.807, 2.05) is 4.90 Å². The van der Waals surface area contributed by atoms with E-state index in [0.717, 1.165) is 13.1 Å². The normalized spacial score (nSPS) is 18.8. The van der Waals surface area contributed by atoms with Crippen LogP contribution in [0.2, 0.25) is 5.02 Å². The van der Waals surface area contributed by atoms with Gasteiger partial charge in [0.15, 0.2) is 0 Å². The van der Waals surface area contributed by atoms with Crippen LogP contribution < -0.4 is 5.32 Å². The molecule has 1 aromatic rings. The first-order valence-electron chi connectivity index (χ1n) is 6.26. The van der Waals surface area contributed by atoms with E-state index in [-0.39, 0.29) is 6.42 Å². The summed E-state index contributed by atoms with van der Waals surface area (Å²) in [5, 5.41) is 3.50. The highest BCUT2D eigenvalue weighted by atomic mass is 35.5. The molecule has 1 aliphatic rings. The molecule has 0 aliphatic carbocycles. The van der Waals surface area contributed by atoms with Crippen molar-refractivity contribution < 1.29 is 13.2 Å². The van der Waals surface area contributed by atoms with Gasteiger partial charge in [-0.3, -0.25) is 4.90 Å². The number of nitrogens with zero attached hydrogens (tertiary/aromatic N) is 1. The van der Waals surface area contributed by atoms with Crippen LogP contribution in [-0.2, 0) is 0 Å². The third kappa shape index (κ3) is 3.84. The molecule has 19 heavy (non-hydrogen) atoms. The average Bonchev–Trinajstić information content (AvgIpc) is 2.40. The van der Waals surface area contributed by atoms with Gasteiger partial charge in [0.25, 0.3) is 0 Å². The van der Waals surface area contributed by atoms with Crippen molar-refractivity contribution in [3.8, 4) is 0 Å². The molecule has 2 nitrogen and oxygen atoms in total. The Morgan fingerprint density at radius 3 is 2.58 bits per heavy atom. The molecular formula is C13H16ClF3N2. The summed E-state index contributed by atoms with van der Waals surface area (Å²) in [6, 6.07) is 3.39. The number of halogens is 4. The lowest BCUT2D eigenvalue weighted by Gasteiger charge is -2.35. The van der Waals surface area contributed by atoms with E-state index in [2.05, 4.69) is 5.32 Å². The van der Waals surface area contributed by atoms with Crippen LogP contribution in [0.15, 0.2) is 18.2 Å². The molecule has 0 spiro atoms. The van der Waals surface area contributed by atoms with E-state index in [1.54, 1.807) is 0 Å². The lowest BCUT2D eigenvalue weighted by molar-refractivity contribution is 0.0738. The maximum Gasteiger partial charge on any atom is 0.240 e. The van der Waals surface area contributed by atoms with E-state index < -0.39 is 18.3 Å². The molecule has 0 amide bonds. The summed E-state index contributed by atoms with van der Waals surface area (Å²) in [5.41, 5.74) is 0.448. The molecule has 1 aliphatic heterocycles. The zero-order valence-electron chi connectivity index (χ0n) is 10.4. The highest BCUT2D eigenvalue weighted by Crippen LogP contribution is 2.32. The van der Waals surface area contributed by atoms with E-state index in [4.69, 9.17) is 11.6 Å². The monoisotopic (exact) mass is 292 g/mol. The van der Waals surface area contributed by atoms with Crippen LogP contribution >= 0.6 is 11.6 Å². The van der Waals surface area contributed by atoms with Crippen molar-refractivity contribution >= 4 is 11.6 Å². The van der Waals surface area contributed by atoms with E-state index in [0.29, 0.717) is 23.7 Å². The number of nitrogens with one attached hydrogen (secondary N) is 1. The van der Waals surface area contributed by atoms with Crippen LogP contribution in [0.5, 0.6) is 0 Å². The molecule has 1 heterocycles. The molecule has 0 saturated carbocycles. The second-order valence-corrected chi connectivity index (χ2v) is 5.00. The highest BCUT2D eigenvalue weighted by molar-refractivity contribution is 6.31. The molecule has 0 radical (unpaired) electrons. The predicted molar refractivity (Wildman–Crippen MR) is 69.2 cm³/mol. The fourth-order valence-corrected chi connectivity index (χ4v) is 2.65. The quantitative estimate of drug-likeness (QED) is 0.917. The molecule has 0 unspecified atom stereocenters. The summed E-state index contributed by atoms with van der Waals surface area (Å²) < 4.78 is 38.9. The Bertz CT molecular complexity index is 422. The van der Waals surface area contributed by atoms with Crippen molar-refractivity contribution in [2.75, 3.05) is 26.2 Å². The Morgan fingerprint density at radius 1 is 1.26 bits per heavy atom. The lowest BCUT2D eigenvalue weighted by Crippen LogP contribution is -2.45. The average molecular weight is 293 g/mol. The minimum Gasteiger partial charge on any atom is -0.314 e. The van der Waals surface area contributed by atoms with Crippen LogP contribution in [-0.4, -0.2) is 37.5 Å². The summed E-state index contributed by atoms with van der Waals surface area (Å²) >= 11 is 6.04. The van der Waals surface area contributed by atoms with Crippen LogP contribution in [0.3, 0.4) is 0 Å². The largest absolute Gasteiger partial charge is 0.314 e. The Morgan fingerprint density at radius 2 is 1.95 bits per heavy atom. The first kappa shape index (κ1) is 14.6. The zero-order valence-corrected chi connectivity index (χ0v) is 11.1. The van der Waals surface area contributed by atoms with Gasteiger partial charge in [0, 0.05) is 43.7 Å². The first-order valence-corrected chi connectivity index (χ1v) is 6.63. The number of rotatable bonds is 4. The van der Waals surface area contributed by atoms with Crippen molar-refractivity contribution in [1.82, 2.24) is 10.2 Å². The second kappa shape index (κ2) is 6.59. The van der Waals surface area contributed by atoms with E-state index >= 15 is 0 Å². The van der Waals surface area contributed by atoms with Gasteiger partial charge in [-0.15, -0.1) is 0 Å². The number of hydrogen-bond acceptors (Lipinski definition) is 2. The van der Waals surface area contributed by atoms with E-state index in [1.165, 1.54) is 18.2 Å². The third-order valence-electron chi connectivity index (χ3n) is 3.31. The maximum absolute atomic E-state index is 13.3. The van der Waals surface area contributed by atoms with Crippen LogP contribution in [0.4, 0.5) is 13.2 Å². The molecule has 106 valence electrons. The topological polar surface area (TPSA) is 15.3 Å². The highest BCUT2D eigenvalue weighted by Gasteiger charge is 2.27. The number of hydrogen-bond donors (Lipinski definition) is 1. The molecule has 0 bridgehead atoms. The third-order valence-corrected chi connectivity index (χ3v) is 3.66. The van der Waals surface area contributed by atoms with Gasteiger partial charge >= 0.3 is 0 Å². The Labute approximate surface area is 115 Å². The van der Waals surface area contributed by atoms with Gasteiger partial charge in [0.05, 0.1) is 0 Å². The van der Waals surface area contributed by atoms with Crippen LogP contribution in [0.1, 0.15) is 18.0 Å². The standard InChI is InChI=1S/C13H16ClF3N2/c14-11-2-1-9(15)7-10(11)12(8-13(16)17)19-5-3-18-4-6-19/h1-2,7,12-13,18H,3-6,8H2/t12-/m1/s1. The summed E-state index contributed by atoms with van der Waals surface area (Å²) in [4.78, 5) is 1.93. The van der Waals surface area contributed by atoms with Gasteiger partial charge in [-0.25, -0.2) is 13.2 Å². The summed E-state index contributed by atoms with van der Waals surface area (Å²) in [6.07, 6.45) is -2.78. The summed E-state index contributed by atoms with van der Waals surface area (Å²) in [5.74, 6) is -0.450. The fourth-order valence-electron chi connectivity index (χ4n) is 2.41. The maximum atomic E-state index is 13.3. The van der Waals surface area contributed by atoms with Crippen LogP contribution in [0, 0.1) is 5.82 Å². The molecule has 1 atom stereocenters. The van der Waals surface area contributed by atoms with Crippen molar-refractivity contribution in [2.45, 2.75) is 18.9 Å². The van der Waals surface area contributed by atoms with E-state index in [9.17, 15) is 13.2 Å². The SMILES string of the molecule is Fc1ccc(Cl)c([C@@H](CC(F)F)N2CCNCC2)c1. The first-order chi connectivity index (χ1) is 9.08. The zero-order chi connectivity index (χ0) is 13.8. The second-order valence-electron chi connectivity index (χ2n) is 4.59. The lowest BCUT2D eigenvalue weighted by atomic mass is 10.0. The van der Waals surface area contributed by atoms with Crippen molar-refractivity contribution in [1.29, 1.82) is 0 Å². The number of benzene rings is 1. The van der Waals surface area contributed by atoms with Gasteiger partial charge in [-0.05, 0) is 23.8 Å². The molecule has 1 saturated heterocycles. The molecule has 1 fully saturated rings. The molecule has 1 N–H and O–H groups in total. The van der Waals surface area contributed by atoms with Gasteiger partial charge in [0.2, 0.25) is 6.43 Å². The Hall–Kier alpha value is -0.780. The van der Waals surface area contributed by atoms with Crippen LogP contribution in [0.25, 0.3) is 0 Å². The van der Waals surface area contributed by atoms with Crippen molar-refractivity contribution in [3.05, 3.63) is 34.6 Å². The van der Waals surface area contributed by atoms with Gasteiger partial charge in [-0.2, -0.15) is 0 Å². The molecule has 6 heteroatoms. The molecule has 2 rings (SSSR count). The van der Waals surface area contributed by atoms with Gasteiger partial charge in [-0.1, -0.05) is 11.6 Å². The van der Waals surface area contributed by atoms with Gasteiger partial charge in [0.1, 0.15) is 5.82 Å². The smallest absolute Gasteiger partial charge is 0.240 e. The minimum absolute atomic E-state index is 0.330. The Kier molecular flexibility index (Phi) is 5.07. The minimum atomic E-state index is -2.45. The van der Waals surface area contributed by atoms with Crippen molar-refractivity contribution in [2.24, 2.45) is 0 Å². The Balaban J connectivity index is 2.27. The number of piperazine rings is 1. The molecule has 0 aromatic heterocycles. The molecule has 1 aromatic carbocycles. The number of alkyl halides is 2. The summed E-state index contributed by atoms with van der Waals surface area (Å²) in [7, 11) is 0. The fraction of sp³-hybridized carbons (Fsp3) is 0.538. The molecular weight excluding hydrogens is 277 g/mol. The van der Waals surface area contributed by atoms with Crippen molar-refractivity contribution in [3.63, 3.8) is 0 Å². The summed E-state index contributed by atoms with van der Waals surface area (Å²) in [6.45, 7) is 2.80. The van der Waals surface area contributed by atoms with Gasteiger partial charge < -0.3 is 5.32 Å².